The summed E-state index contributed by atoms with van der Waals surface area (Å²) >= 11 is 12.0. The van der Waals surface area contributed by atoms with Gasteiger partial charge in [0.25, 0.3) is 0 Å². The van der Waals surface area contributed by atoms with Gasteiger partial charge in [0, 0.05) is 30.6 Å². The molecular formula is C21H27Cl2N3O3. The lowest BCUT2D eigenvalue weighted by molar-refractivity contribution is -0.138. The van der Waals surface area contributed by atoms with Crippen LogP contribution in [0.4, 0.5) is 5.69 Å². The standard InChI is InChI=1S/C21H27Cl2N3O3/c1-2-9-25(13-19(27)24-18-8-7-15(22)11-17(18)23)21(29)14-10-20(28)26(12-14)16-5-3-4-6-16/h7-8,11,14,16H,2-6,9-10,12-13H2,1H3,(H,24,27)/t14-/m1/s1. The van der Waals surface area contributed by atoms with E-state index in [-0.39, 0.29) is 42.6 Å². The first kappa shape index (κ1) is 21.9. The van der Waals surface area contributed by atoms with E-state index in [0.29, 0.717) is 28.8 Å². The Balaban J connectivity index is 1.61. The molecule has 1 saturated heterocycles. The maximum Gasteiger partial charge on any atom is 0.244 e. The number of likely N-dealkylation sites (tertiary alicyclic amines) is 1. The summed E-state index contributed by atoms with van der Waals surface area (Å²) in [5.74, 6) is -0.767. The van der Waals surface area contributed by atoms with Crippen LogP contribution in [0.3, 0.4) is 0 Å². The van der Waals surface area contributed by atoms with E-state index in [4.69, 9.17) is 23.2 Å². The van der Waals surface area contributed by atoms with Crippen molar-refractivity contribution in [3.63, 3.8) is 0 Å². The van der Waals surface area contributed by atoms with Crippen LogP contribution in [0.1, 0.15) is 45.4 Å². The first-order valence-corrected chi connectivity index (χ1v) is 11.0. The number of anilines is 1. The molecule has 1 aliphatic heterocycles. The molecule has 8 heteroatoms. The topological polar surface area (TPSA) is 69.7 Å². The molecule has 1 aromatic rings. The summed E-state index contributed by atoms with van der Waals surface area (Å²) in [5.41, 5.74) is 0.452. The SMILES string of the molecule is CCCN(CC(=O)Nc1ccc(Cl)cc1Cl)C(=O)[C@@H]1CC(=O)N(C2CCCC2)C1. The van der Waals surface area contributed by atoms with Gasteiger partial charge in [-0.3, -0.25) is 14.4 Å². The average Bonchev–Trinajstić information content (AvgIpc) is 3.32. The van der Waals surface area contributed by atoms with Crippen molar-refractivity contribution in [2.24, 2.45) is 5.92 Å². The number of benzene rings is 1. The number of rotatable bonds is 7. The molecule has 2 aliphatic rings. The summed E-state index contributed by atoms with van der Waals surface area (Å²) < 4.78 is 0. The van der Waals surface area contributed by atoms with Crippen molar-refractivity contribution in [2.75, 3.05) is 25.0 Å². The van der Waals surface area contributed by atoms with Crippen LogP contribution in [0.5, 0.6) is 0 Å². The zero-order valence-corrected chi connectivity index (χ0v) is 18.1. The Morgan fingerprint density at radius 3 is 2.62 bits per heavy atom. The molecule has 1 atom stereocenters. The quantitative estimate of drug-likeness (QED) is 0.698. The van der Waals surface area contributed by atoms with Gasteiger partial charge < -0.3 is 15.1 Å². The van der Waals surface area contributed by atoms with E-state index in [2.05, 4.69) is 5.32 Å². The van der Waals surface area contributed by atoms with Crippen molar-refractivity contribution in [3.05, 3.63) is 28.2 Å². The van der Waals surface area contributed by atoms with Crippen LogP contribution in [0.25, 0.3) is 0 Å². The van der Waals surface area contributed by atoms with Crippen molar-refractivity contribution in [1.29, 1.82) is 0 Å². The second-order valence-electron chi connectivity index (χ2n) is 7.82. The molecule has 1 aliphatic carbocycles. The van der Waals surface area contributed by atoms with Gasteiger partial charge >= 0.3 is 0 Å². The first-order valence-electron chi connectivity index (χ1n) is 10.2. The third-order valence-electron chi connectivity index (χ3n) is 5.62. The summed E-state index contributed by atoms with van der Waals surface area (Å²) in [4.78, 5) is 41.5. The van der Waals surface area contributed by atoms with Crippen molar-refractivity contribution in [3.8, 4) is 0 Å². The zero-order chi connectivity index (χ0) is 21.0. The Morgan fingerprint density at radius 2 is 1.97 bits per heavy atom. The second kappa shape index (κ2) is 9.81. The maximum absolute atomic E-state index is 13.1. The predicted octanol–water partition coefficient (Wildman–Crippen LogP) is 3.96. The summed E-state index contributed by atoms with van der Waals surface area (Å²) in [6, 6.07) is 5.09. The van der Waals surface area contributed by atoms with Crippen LogP contribution < -0.4 is 5.32 Å². The molecule has 1 saturated carbocycles. The number of halogens is 2. The number of amides is 3. The Labute approximate surface area is 181 Å². The third-order valence-corrected chi connectivity index (χ3v) is 6.17. The molecule has 6 nitrogen and oxygen atoms in total. The fraction of sp³-hybridized carbons (Fsp3) is 0.571. The van der Waals surface area contributed by atoms with E-state index in [1.54, 1.807) is 23.1 Å². The fourth-order valence-corrected chi connectivity index (χ4v) is 4.67. The summed E-state index contributed by atoms with van der Waals surface area (Å²) in [5, 5.41) is 3.55. The number of carbonyl (C=O) groups excluding carboxylic acids is 3. The predicted molar refractivity (Wildman–Crippen MR) is 114 cm³/mol. The molecule has 3 rings (SSSR count). The largest absolute Gasteiger partial charge is 0.339 e. The number of hydrogen-bond acceptors (Lipinski definition) is 3. The lowest BCUT2D eigenvalue weighted by Crippen LogP contribution is -2.43. The van der Waals surface area contributed by atoms with Gasteiger partial charge in [-0.25, -0.2) is 0 Å². The van der Waals surface area contributed by atoms with E-state index >= 15 is 0 Å². The van der Waals surface area contributed by atoms with Crippen molar-refractivity contribution in [2.45, 2.75) is 51.5 Å². The Morgan fingerprint density at radius 1 is 1.24 bits per heavy atom. The molecule has 1 heterocycles. The van der Waals surface area contributed by atoms with Crippen LogP contribution in [0, 0.1) is 5.92 Å². The highest BCUT2D eigenvalue weighted by molar-refractivity contribution is 6.36. The van der Waals surface area contributed by atoms with E-state index in [1.165, 1.54) is 0 Å². The fourth-order valence-electron chi connectivity index (χ4n) is 4.22. The van der Waals surface area contributed by atoms with Gasteiger partial charge in [0.15, 0.2) is 0 Å². The molecule has 29 heavy (non-hydrogen) atoms. The molecule has 2 fully saturated rings. The number of carbonyl (C=O) groups is 3. The van der Waals surface area contributed by atoms with Gasteiger partial charge in [0.2, 0.25) is 17.7 Å². The molecule has 0 aromatic heterocycles. The highest BCUT2D eigenvalue weighted by atomic mass is 35.5. The number of nitrogens with zero attached hydrogens (tertiary/aromatic N) is 2. The molecule has 158 valence electrons. The average molecular weight is 440 g/mol. The van der Waals surface area contributed by atoms with Crippen molar-refractivity contribution in [1.82, 2.24) is 9.80 Å². The summed E-state index contributed by atoms with van der Waals surface area (Å²) in [7, 11) is 0. The van der Waals surface area contributed by atoms with E-state index in [0.717, 1.165) is 32.1 Å². The van der Waals surface area contributed by atoms with Crippen molar-refractivity contribution >= 4 is 46.6 Å². The second-order valence-corrected chi connectivity index (χ2v) is 8.66. The van der Waals surface area contributed by atoms with Crippen LogP contribution >= 0.6 is 23.2 Å². The lowest BCUT2D eigenvalue weighted by atomic mass is 10.1. The lowest BCUT2D eigenvalue weighted by Gasteiger charge is -2.26. The molecule has 0 bridgehead atoms. The zero-order valence-electron chi connectivity index (χ0n) is 16.6. The van der Waals surface area contributed by atoms with Gasteiger partial charge in [-0.2, -0.15) is 0 Å². The van der Waals surface area contributed by atoms with Crippen LogP contribution in [0.15, 0.2) is 18.2 Å². The molecule has 0 spiro atoms. The minimum atomic E-state index is -0.374. The maximum atomic E-state index is 13.1. The first-order chi connectivity index (χ1) is 13.9. The van der Waals surface area contributed by atoms with Gasteiger partial charge in [-0.05, 0) is 37.5 Å². The normalized spacial score (nSPS) is 19.6. The summed E-state index contributed by atoms with van der Waals surface area (Å²) in [6.45, 7) is 2.82. The molecule has 1 N–H and O–H groups in total. The van der Waals surface area contributed by atoms with Gasteiger partial charge in [0.1, 0.15) is 0 Å². The van der Waals surface area contributed by atoms with E-state index in [1.807, 2.05) is 11.8 Å². The highest BCUT2D eigenvalue weighted by Gasteiger charge is 2.40. The molecule has 0 radical (unpaired) electrons. The number of hydrogen-bond donors (Lipinski definition) is 1. The Hall–Kier alpha value is -1.79. The van der Waals surface area contributed by atoms with Crippen LogP contribution in [-0.2, 0) is 14.4 Å². The van der Waals surface area contributed by atoms with Crippen LogP contribution in [0.2, 0.25) is 10.0 Å². The molecule has 3 amide bonds. The van der Waals surface area contributed by atoms with E-state index < -0.39 is 0 Å². The minimum Gasteiger partial charge on any atom is -0.339 e. The summed E-state index contributed by atoms with van der Waals surface area (Å²) in [6.07, 6.45) is 5.30. The Bertz CT molecular complexity index is 780. The van der Waals surface area contributed by atoms with Gasteiger partial charge in [-0.1, -0.05) is 43.0 Å². The minimum absolute atomic E-state index is 0.0593. The smallest absolute Gasteiger partial charge is 0.244 e. The number of nitrogens with one attached hydrogen (secondary N) is 1. The molecule has 0 unspecified atom stereocenters. The van der Waals surface area contributed by atoms with Crippen molar-refractivity contribution < 1.29 is 14.4 Å². The van der Waals surface area contributed by atoms with Gasteiger partial charge in [-0.15, -0.1) is 0 Å². The third kappa shape index (κ3) is 5.43. The van der Waals surface area contributed by atoms with Gasteiger partial charge in [0.05, 0.1) is 23.2 Å². The highest BCUT2D eigenvalue weighted by Crippen LogP contribution is 2.30. The molecular weight excluding hydrogens is 413 g/mol. The molecule has 1 aromatic carbocycles. The monoisotopic (exact) mass is 439 g/mol. The van der Waals surface area contributed by atoms with E-state index in [9.17, 15) is 14.4 Å². The van der Waals surface area contributed by atoms with Crippen LogP contribution in [-0.4, -0.2) is 53.2 Å². The Kier molecular flexibility index (Phi) is 7.41.